The van der Waals surface area contributed by atoms with Gasteiger partial charge in [0, 0.05) is 0 Å². The molecule has 0 aromatic rings. The van der Waals surface area contributed by atoms with Crippen molar-refractivity contribution in [1.82, 2.24) is 4.90 Å². The normalized spacial score (nSPS) is 13.7. The highest BCUT2D eigenvalue weighted by molar-refractivity contribution is 4.64. The quantitative estimate of drug-likeness (QED) is 0.104. The fourth-order valence-electron chi connectivity index (χ4n) is 4.55. The van der Waals surface area contributed by atoms with E-state index in [1.807, 2.05) is 0 Å². The molecule has 0 saturated carbocycles. The molecule has 2 atom stereocenters. The summed E-state index contributed by atoms with van der Waals surface area (Å²) in [4.78, 5) is 2.26. The zero-order chi connectivity index (χ0) is 23.0. The Bertz CT molecular complexity index is 331. The van der Waals surface area contributed by atoms with Crippen molar-refractivity contribution in [3.63, 3.8) is 0 Å². The van der Waals surface area contributed by atoms with E-state index in [1.54, 1.807) is 0 Å². The summed E-state index contributed by atoms with van der Waals surface area (Å²) in [6.45, 7) is 6.85. The van der Waals surface area contributed by atoms with Crippen LogP contribution in [0.3, 0.4) is 0 Å². The SMILES string of the molecule is CCCCCCCCCCCCCCCCCCC(CCCC)OC(CCC)N(C)C. The maximum Gasteiger partial charge on any atom is 0.110 e. The van der Waals surface area contributed by atoms with Gasteiger partial charge in [0.05, 0.1) is 6.10 Å². The molecule has 0 fully saturated rings. The number of hydrogen-bond donors (Lipinski definition) is 0. The van der Waals surface area contributed by atoms with Gasteiger partial charge in [-0.2, -0.15) is 0 Å². The second kappa shape index (κ2) is 24.6. The Morgan fingerprint density at radius 3 is 1.23 bits per heavy atom. The van der Waals surface area contributed by atoms with Gasteiger partial charge >= 0.3 is 0 Å². The van der Waals surface area contributed by atoms with Crippen LogP contribution in [0.2, 0.25) is 0 Å². The van der Waals surface area contributed by atoms with Crippen LogP contribution in [0.1, 0.15) is 162 Å². The van der Waals surface area contributed by atoms with Crippen molar-refractivity contribution in [2.45, 2.75) is 174 Å². The summed E-state index contributed by atoms with van der Waals surface area (Å²) in [6.07, 6.45) is 31.2. The van der Waals surface area contributed by atoms with Crippen molar-refractivity contribution in [1.29, 1.82) is 0 Å². The molecule has 188 valence electrons. The van der Waals surface area contributed by atoms with Gasteiger partial charge in [-0.25, -0.2) is 0 Å². The van der Waals surface area contributed by atoms with Crippen molar-refractivity contribution < 1.29 is 4.74 Å². The number of rotatable bonds is 25. The number of unbranched alkanes of at least 4 members (excludes halogenated alkanes) is 16. The minimum Gasteiger partial charge on any atom is -0.360 e. The van der Waals surface area contributed by atoms with E-state index in [2.05, 4.69) is 39.8 Å². The van der Waals surface area contributed by atoms with Gasteiger partial charge in [-0.15, -0.1) is 0 Å². The molecular weight excluding hydrogens is 378 g/mol. The van der Waals surface area contributed by atoms with Gasteiger partial charge in [0.1, 0.15) is 6.23 Å². The monoisotopic (exact) mass is 439 g/mol. The molecule has 0 bridgehead atoms. The summed E-state index contributed by atoms with van der Waals surface area (Å²) >= 11 is 0. The highest BCUT2D eigenvalue weighted by atomic mass is 16.5. The van der Waals surface area contributed by atoms with Crippen LogP contribution < -0.4 is 0 Å². The smallest absolute Gasteiger partial charge is 0.110 e. The number of nitrogens with zero attached hydrogens (tertiary/aromatic N) is 1. The molecule has 0 aliphatic heterocycles. The van der Waals surface area contributed by atoms with E-state index < -0.39 is 0 Å². The topological polar surface area (TPSA) is 12.5 Å². The molecule has 0 saturated heterocycles. The first kappa shape index (κ1) is 30.9. The van der Waals surface area contributed by atoms with Gasteiger partial charge in [0.25, 0.3) is 0 Å². The molecule has 2 heteroatoms. The summed E-state index contributed by atoms with van der Waals surface area (Å²) in [5, 5.41) is 0. The lowest BCUT2D eigenvalue weighted by Crippen LogP contribution is -2.34. The first-order chi connectivity index (χ1) is 15.2. The largest absolute Gasteiger partial charge is 0.360 e. The van der Waals surface area contributed by atoms with Crippen LogP contribution in [0, 0.1) is 0 Å². The minimum absolute atomic E-state index is 0.299. The summed E-state index contributed by atoms with van der Waals surface area (Å²) in [7, 11) is 4.32. The predicted octanol–water partition coefficient (Wildman–Crippen LogP) is 9.90. The van der Waals surface area contributed by atoms with Gasteiger partial charge in [-0.3, -0.25) is 4.90 Å². The molecule has 0 amide bonds. The number of hydrogen-bond acceptors (Lipinski definition) is 2. The van der Waals surface area contributed by atoms with E-state index in [0.29, 0.717) is 12.3 Å². The molecule has 2 unspecified atom stereocenters. The molecule has 0 aromatic heterocycles. The van der Waals surface area contributed by atoms with Gasteiger partial charge in [0.2, 0.25) is 0 Å². The zero-order valence-corrected chi connectivity index (χ0v) is 22.6. The zero-order valence-electron chi connectivity index (χ0n) is 22.6. The third-order valence-electron chi connectivity index (χ3n) is 6.72. The fourth-order valence-corrected chi connectivity index (χ4v) is 4.55. The number of ether oxygens (including phenoxy) is 1. The van der Waals surface area contributed by atoms with Crippen LogP contribution in [-0.2, 0) is 4.74 Å². The maximum absolute atomic E-state index is 6.50. The van der Waals surface area contributed by atoms with Crippen LogP contribution in [0.25, 0.3) is 0 Å². The second-order valence-electron chi connectivity index (χ2n) is 10.2. The van der Waals surface area contributed by atoms with Gasteiger partial charge < -0.3 is 4.74 Å². The summed E-state index contributed by atoms with van der Waals surface area (Å²) in [6, 6.07) is 0. The van der Waals surface area contributed by atoms with E-state index in [1.165, 1.54) is 135 Å². The second-order valence-corrected chi connectivity index (χ2v) is 10.2. The Morgan fingerprint density at radius 2 is 0.839 bits per heavy atom. The van der Waals surface area contributed by atoms with Gasteiger partial charge in [0.15, 0.2) is 0 Å². The van der Waals surface area contributed by atoms with Crippen LogP contribution >= 0.6 is 0 Å². The Kier molecular flexibility index (Phi) is 24.5. The lowest BCUT2D eigenvalue weighted by molar-refractivity contribution is -0.0921. The van der Waals surface area contributed by atoms with E-state index in [4.69, 9.17) is 4.74 Å². The van der Waals surface area contributed by atoms with Gasteiger partial charge in [-0.1, -0.05) is 143 Å². The Balaban J connectivity index is 3.59. The molecule has 31 heavy (non-hydrogen) atoms. The molecule has 0 N–H and O–H groups in total. The summed E-state index contributed by atoms with van der Waals surface area (Å²) < 4.78 is 6.50. The molecule has 0 heterocycles. The molecule has 0 aliphatic carbocycles. The lowest BCUT2D eigenvalue weighted by atomic mass is 10.0. The minimum atomic E-state index is 0.299. The van der Waals surface area contributed by atoms with E-state index in [-0.39, 0.29) is 0 Å². The highest BCUT2D eigenvalue weighted by Crippen LogP contribution is 2.19. The standard InChI is InChI=1S/C29H61NO/c1-6-9-11-12-13-14-15-16-17-18-19-20-21-22-23-24-27-28(26-10-7-2)31-29(25-8-3)30(4)5/h28-29H,6-27H2,1-5H3. The van der Waals surface area contributed by atoms with E-state index >= 15 is 0 Å². The van der Waals surface area contributed by atoms with Crippen LogP contribution in [0.5, 0.6) is 0 Å². The molecule has 0 spiro atoms. The van der Waals surface area contributed by atoms with Crippen molar-refractivity contribution in [2.24, 2.45) is 0 Å². The van der Waals surface area contributed by atoms with E-state index in [0.717, 1.165) is 6.42 Å². The Morgan fingerprint density at radius 1 is 0.452 bits per heavy atom. The lowest BCUT2D eigenvalue weighted by Gasteiger charge is -2.29. The predicted molar refractivity (Wildman–Crippen MR) is 141 cm³/mol. The fraction of sp³-hybridized carbons (Fsp3) is 1.00. The molecular formula is C29H61NO. The van der Waals surface area contributed by atoms with Crippen LogP contribution in [0.4, 0.5) is 0 Å². The maximum atomic E-state index is 6.50. The summed E-state index contributed by atoms with van der Waals surface area (Å²) in [5.74, 6) is 0. The van der Waals surface area contributed by atoms with E-state index in [9.17, 15) is 0 Å². The van der Waals surface area contributed by atoms with Gasteiger partial charge in [-0.05, 0) is 33.4 Å². The molecule has 2 nitrogen and oxygen atoms in total. The van der Waals surface area contributed by atoms with Crippen molar-refractivity contribution >= 4 is 0 Å². The van der Waals surface area contributed by atoms with Crippen molar-refractivity contribution in [2.75, 3.05) is 14.1 Å². The first-order valence-electron chi connectivity index (χ1n) is 14.5. The van der Waals surface area contributed by atoms with Crippen molar-refractivity contribution in [3.8, 4) is 0 Å². The third-order valence-corrected chi connectivity index (χ3v) is 6.72. The molecule has 0 aromatic carbocycles. The third kappa shape index (κ3) is 21.5. The molecule has 0 rings (SSSR count). The van der Waals surface area contributed by atoms with Crippen molar-refractivity contribution in [3.05, 3.63) is 0 Å². The van der Waals surface area contributed by atoms with Crippen LogP contribution in [0.15, 0.2) is 0 Å². The van der Waals surface area contributed by atoms with Crippen LogP contribution in [-0.4, -0.2) is 31.3 Å². The molecule has 0 radical (unpaired) electrons. The molecule has 0 aliphatic rings. The average molecular weight is 440 g/mol. The first-order valence-corrected chi connectivity index (χ1v) is 14.5. The Labute approximate surface area is 198 Å². The average Bonchev–Trinajstić information content (AvgIpc) is 2.76. The summed E-state index contributed by atoms with van der Waals surface area (Å²) in [5.41, 5.74) is 0. The Hall–Kier alpha value is -0.0800. The highest BCUT2D eigenvalue weighted by Gasteiger charge is 2.17.